The highest BCUT2D eigenvalue weighted by Gasteiger charge is 2.21. The van der Waals surface area contributed by atoms with Crippen molar-refractivity contribution in [3.8, 4) is 0 Å². The largest absolute Gasteiger partial charge is 0.486 e. The Hall–Kier alpha value is -0.735. The lowest BCUT2D eigenvalue weighted by Crippen LogP contribution is -2.34. The molecule has 1 aliphatic heterocycles. The van der Waals surface area contributed by atoms with Gasteiger partial charge in [-0.2, -0.15) is 0 Å². The topological polar surface area (TPSA) is 52.5 Å². The highest BCUT2D eigenvalue weighted by molar-refractivity contribution is 6.51. The summed E-state index contributed by atoms with van der Waals surface area (Å²) in [5.41, 5.74) is 1.62. The highest BCUT2D eigenvalue weighted by atomic mass is 16.4. The van der Waals surface area contributed by atoms with E-state index in [4.69, 9.17) is 10.0 Å². The Morgan fingerprint density at radius 1 is 1.55 bits per heavy atom. The van der Waals surface area contributed by atoms with Crippen LogP contribution in [-0.4, -0.2) is 23.2 Å². The van der Waals surface area contributed by atoms with Crippen molar-refractivity contribution >= 4 is 7.12 Å². The number of nitrogens with one attached hydrogen (secondary N) is 1. The molecular formula is C7H12BNO2. The van der Waals surface area contributed by atoms with Crippen molar-refractivity contribution in [3.05, 3.63) is 23.3 Å². The Morgan fingerprint density at radius 3 is 2.64 bits per heavy atom. The monoisotopic (exact) mass is 153 g/mol. The normalized spacial score (nSPS) is 23.5. The fraction of sp³-hybridized carbons (Fsp3) is 0.429. The number of dihydropyridines is 1. The SMILES string of the molecule is CC1=CNC(C)C(B(O)O)=C1. The summed E-state index contributed by atoms with van der Waals surface area (Å²) in [7, 11) is -1.35. The first kappa shape index (κ1) is 8.36. The third-order valence-corrected chi connectivity index (χ3v) is 1.75. The maximum Gasteiger partial charge on any atom is 0.486 e. The van der Waals surface area contributed by atoms with Crippen molar-refractivity contribution in [1.82, 2.24) is 5.32 Å². The van der Waals surface area contributed by atoms with Crippen molar-refractivity contribution in [2.45, 2.75) is 19.9 Å². The second-order valence-electron chi connectivity index (χ2n) is 2.79. The molecule has 11 heavy (non-hydrogen) atoms. The molecule has 0 aromatic rings. The van der Waals surface area contributed by atoms with Crippen LogP contribution in [0.25, 0.3) is 0 Å². The van der Waals surface area contributed by atoms with E-state index in [0.29, 0.717) is 5.47 Å². The van der Waals surface area contributed by atoms with E-state index >= 15 is 0 Å². The lowest BCUT2D eigenvalue weighted by molar-refractivity contribution is 0.412. The third kappa shape index (κ3) is 1.85. The van der Waals surface area contributed by atoms with E-state index in [-0.39, 0.29) is 6.04 Å². The first-order chi connectivity index (χ1) is 5.11. The van der Waals surface area contributed by atoms with Gasteiger partial charge in [0, 0.05) is 6.04 Å². The van der Waals surface area contributed by atoms with Crippen LogP contribution in [0.5, 0.6) is 0 Å². The first-order valence-electron chi connectivity index (χ1n) is 3.61. The fourth-order valence-corrected chi connectivity index (χ4v) is 1.08. The maximum absolute atomic E-state index is 8.89. The van der Waals surface area contributed by atoms with E-state index in [1.807, 2.05) is 20.0 Å². The van der Waals surface area contributed by atoms with Gasteiger partial charge in [-0.05, 0) is 31.1 Å². The smallest absolute Gasteiger partial charge is 0.423 e. The summed E-state index contributed by atoms with van der Waals surface area (Å²) in [6.07, 6.45) is 3.64. The van der Waals surface area contributed by atoms with Gasteiger partial charge in [0.25, 0.3) is 0 Å². The summed E-state index contributed by atoms with van der Waals surface area (Å²) >= 11 is 0. The Balaban J connectivity index is 2.81. The first-order valence-corrected chi connectivity index (χ1v) is 3.61. The predicted molar refractivity (Wildman–Crippen MR) is 44.6 cm³/mol. The van der Waals surface area contributed by atoms with Crippen molar-refractivity contribution in [1.29, 1.82) is 0 Å². The van der Waals surface area contributed by atoms with E-state index in [1.165, 1.54) is 0 Å². The van der Waals surface area contributed by atoms with Crippen LogP contribution in [0.2, 0.25) is 0 Å². The van der Waals surface area contributed by atoms with Gasteiger partial charge >= 0.3 is 7.12 Å². The van der Waals surface area contributed by atoms with Crippen LogP contribution in [0.15, 0.2) is 23.3 Å². The quantitative estimate of drug-likeness (QED) is 0.458. The summed E-state index contributed by atoms with van der Waals surface area (Å²) in [6, 6.07) is 0.0127. The summed E-state index contributed by atoms with van der Waals surface area (Å²) in [4.78, 5) is 0. The average Bonchev–Trinajstić information content (AvgIpc) is 1.94. The Kier molecular flexibility index (Phi) is 2.36. The zero-order valence-corrected chi connectivity index (χ0v) is 6.70. The van der Waals surface area contributed by atoms with E-state index in [0.717, 1.165) is 5.57 Å². The van der Waals surface area contributed by atoms with Gasteiger partial charge < -0.3 is 15.4 Å². The van der Waals surface area contributed by atoms with Crippen molar-refractivity contribution in [2.24, 2.45) is 0 Å². The zero-order valence-electron chi connectivity index (χ0n) is 6.70. The van der Waals surface area contributed by atoms with Crippen LogP contribution in [-0.2, 0) is 0 Å². The molecule has 0 aromatic heterocycles. The van der Waals surface area contributed by atoms with Gasteiger partial charge in [-0.15, -0.1) is 0 Å². The van der Waals surface area contributed by atoms with Gasteiger partial charge in [-0.25, -0.2) is 0 Å². The average molecular weight is 153 g/mol. The van der Waals surface area contributed by atoms with Crippen molar-refractivity contribution in [2.75, 3.05) is 0 Å². The van der Waals surface area contributed by atoms with Crippen molar-refractivity contribution in [3.63, 3.8) is 0 Å². The molecule has 0 saturated heterocycles. The van der Waals surface area contributed by atoms with Gasteiger partial charge in [0.1, 0.15) is 0 Å². The maximum atomic E-state index is 8.89. The Bertz CT molecular complexity index is 210. The number of hydrogen-bond donors (Lipinski definition) is 3. The molecule has 3 N–H and O–H groups in total. The van der Waals surface area contributed by atoms with Crippen LogP contribution < -0.4 is 5.32 Å². The second kappa shape index (κ2) is 3.11. The van der Waals surface area contributed by atoms with Crippen LogP contribution in [0, 0.1) is 0 Å². The molecule has 0 radical (unpaired) electrons. The molecule has 1 heterocycles. The molecule has 0 amide bonds. The number of allylic oxidation sites excluding steroid dienone is 2. The third-order valence-electron chi connectivity index (χ3n) is 1.75. The highest BCUT2D eigenvalue weighted by Crippen LogP contribution is 2.12. The van der Waals surface area contributed by atoms with E-state index in [9.17, 15) is 0 Å². The lowest BCUT2D eigenvalue weighted by atomic mass is 9.73. The molecule has 1 unspecified atom stereocenters. The van der Waals surface area contributed by atoms with Crippen LogP contribution >= 0.6 is 0 Å². The number of hydrogen-bond acceptors (Lipinski definition) is 3. The zero-order chi connectivity index (χ0) is 8.43. The minimum absolute atomic E-state index is 0.0127. The van der Waals surface area contributed by atoms with Crippen LogP contribution in [0.3, 0.4) is 0 Å². The van der Waals surface area contributed by atoms with Crippen molar-refractivity contribution < 1.29 is 10.0 Å². The van der Waals surface area contributed by atoms with E-state index < -0.39 is 7.12 Å². The molecule has 1 atom stereocenters. The standard InChI is InChI=1S/C7H12BNO2/c1-5-3-7(8(10)11)6(2)9-4-5/h3-4,6,9-11H,1-2H3. The molecule has 0 aromatic carbocycles. The molecule has 1 aliphatic rings. The van der Waals surface area contributed by atoms with Gasteiger partial charge in [-0.1, -0.05) is 6.08 Å². The summed E-state index contributed by atoms with van der Waals surface area (Å²) < 4.78 is 0. The van der Waals surface area contributed by atoms with Gasteiger partial charge in [0.05, 0.1) is 0 Å². The summed E-state index contributed by atoms with van der Waals surface area (Å²) in [6.45, 7) is 3.79. The molecule has 0 bridgehead atoms. The lowest BCUT2D eigenvalue weighted by Gasteiger charge is -2.20. The Morgan fingerprint density at radius 2 is 2.18 bits per heavy atom. The number of rotatable bonds is 1. The van der Waals surface area contributed by atoms with Gasteiger partial charge in [-0.3, -0.25) is 0 Å². The van der Waals surface area contributed by atoms with E-state index in [1.54, 1.807) is 6.08 Å². The molecule has 0 fully saturated rings. The van der Waals surface area contributed by atoms with Gasteiger partial charge in [0.15, 0.2) is 0 Å². The minimum Gasteiger partial charge on any atom is -0.423 e. The molecular weight excluding hydrogens is 141 g/mol. The minimum atomic E-state index is -1.35. The van der Waals surface area contributed by atoms with Crippen LogP contribution in [0.4, 0.5) is 0 Å². The molecule has 3 nitrogen and oxygen atoms in total. The molecule has 60 valence electrons. The van der Waals surface area contributed by atoms with E-state index in [2.05, 4.69) is 5.32 Å². The van der Waals surface area contributed by atoms with Gasteiger partial charge in [0.2, 0.25) is 0 Å². The molecule has 0 saturated carbocycles. The fourth-order valence-electron chi connectivity index (χ4n) is 1.08. The molecule has 0 spiro atoms. The predicted octanol–water partition coefficient (Wildman–Crippen LogP) is -0.180. The molecule has 0 aliphatic carbocycles. The summed E-state index contributed by atoms with van der Waals surface area (Å²) in [5, 5.41) is 20.8. The Labute approximate surface area is 66.6 Å². The molecule has 4 heteroatoms. The second-order valence-corrected chi connectivity index (χ2v) is 2.79. The summed E-state index contributed by atoms with van der Waals surface area (Å²) in [5.74, 6) is 0. The van der Waals surface area contributed by atoms with Crippen LogP contribution in [0.1, 0.15) is 13.8 Å². The molecule has 1 rings (SSSR count).